The first-order chi connectivity index (χ1) is 17.9. The van der Waals surface area contributed by atoms with Gasteiger partial charge >= 0.3 is 0 Å². The zero-order valence-electron chi connectivity index (χ0n) is 22.7. The average molecular weight is 535 g/mol. The molecule has 8 nitrogen and oxygen atoms in total. The zero-order chi connectivity index (χ0) is 27.3. The van der Waals surface area contributed by atoms with Gasteiger partial charge in [0, 0.05) is 24.7 Å². The van der Waals surface area contributed by atoms with E-state index in [4.69, 9.17) is 9.69 Å². The van der Waals surface area contributed by atoms with Gasteiger partial charge < -0.3 is 9.74 Å². The minimum absolute atomic E-state index is 0.0363. The van der Waals surface area contributed by atoms with Crippen LogP contribution in [0.25, 0.3) is 0 Å². The molecule has 2 heterocycles. The lowest BCUT2D eigenvalue weighted by Gasteiger charge is -2.69. The van der Waals surface area contributed by atoms with Crippen molar-refractivity contribution < 1.29 is 13.6 Å². The van der Waals surface area contributed by atoms with Gasteiger partial charge in [-0.25, -0.2) is 19.4 Å². The van der Waals surface area contributed by atoms with Crippen LogP contribution in [0.3, 0.4) is 0 Å². The van der Waals surface area contributed by atoms with E-state index >= 15 is 0 Å². The number of nitriles is 1. The van der Waals surface area contributed by atoms with Crippen molar-refractivity contribution in [2.24, 2.45) is 15.9 Å². The number of carbonyl (C=O) groups excluding carboxylic acids is 1. The topological polar surface area (TPSA) is 103 Å². The molecule has 3 aliphatic carbocycles. The monoisotopic (exact) mass is 534 g/mol. The van der Waals surface area contributed by atoms with E-state index in [1.54, 1.807) is 23.5 Å². The first-order valence-corrected chi connectivity index (χ1v) is 16.0. The lowest BCUT2D eigenvalue weighted by Crippen LogP contribution is -2.69. The van der Waals surface area contributed by atoms with Crippen molar-refractivity contribution >= 4 is 26.3 Å². The molecule has 2 bridgehead atoms. The number of amides is 1. The number of hydrogen-bond acceptors (Lipinski definition) is 7. The fourth-order valence-electron chi connectivity index (χ4n) is 5.68. The molecule has 1 unspecified atom stereocenters. The highest BCUT2D eigenvalue weighted by molar-refractivity contribution is 6.74. The summed E-state index contributed by atoms with van der Waals surface area (Å²) in [5.74, 6) is 0.396. The minimum atomic E-state index is -2.03. The van der Waals surface area contributed by atoms with Gasteiger partial charge in [-0.2, -0.15) is 10.4 Å². The van der Waals surface area contributed by atoms with Crippen LogP contribution in [0.15, 0.2) is 35.7 Å². The van der Waals surface area contributed by atoms with E-state index in [9.17, 15) is 9.18 Å². The summed E-state index contributed by atoms with van der Waals surface area (Å²) in [6, 6.07) is 6.81. The van der Waals surface area contributed by atoms with Crippen molar-refractivity contribution in [2.45, 2.75) is 77.2 Å². The molecule has 3 saturated carbocycles. The predicted octanol–water partition coefficient (Wildman–Crippen LogP) is 5.55. The van der Waals surface area contributed by atoms with Crippen molar-refractivity contribution in [3.63, 3.8) is 0 Å². The molecule has 1 aromatic carbocycles. The molecule has 1 atom stereocenters. The molecule has 0 radical (unpaired) electrons. The molecule has 1 aromatic heterocycles. The number of halogens is 1. The molecule has 2 aromatic rings. The summed E-state index contributed by atoms with van der Waals surface area (Å²) in [7, 11) is -2.03. The Hall–Kier alpha value is -3.16. The average Bonchev–Trinajstić information content (AvgIpc) is 3.31. The fourth-order valence-corrected chi connectivity index (χ4v) is 6.63. The summed E-state index contributed by atoms with van der Waals surface area (Å²) in [5.41, 5.74) is 1.39. The van der Waals surface area contributed by atoms with Crippen LogP contribution in [-0.2, 0) is 15.8 Å². The summed E-state index contributed by atoms with van der Waals surface area (Å²) in [5, 5.41) is 18.3. The fraction of sp³-hybridized carbons (Fsp3) is 0.536. The van der Waals surface area contributed by atoms with Crippen LogP contribution in [0, 0.1) is 28.0 Å². The van der Waals surface area contributed by atoms with Crippen molar-refractivity contribution in [1.29, 1.82) is 5.26 Å². The summed E-state index contributed by atoms with van der Waals surface area (Å²) in [6.45, 7) is 11.7. The van der Waals surface area contributed by atoms with Crippen LogP contribution >= 0.6 is 0 Å². The highest BCUT2D eigenvalue weighted by Gasteiger charge is 2.72. The summed E-state index contributed by atoms with van der Waals surface area (Å²) in [4.78, 5) is 21.9. The van der Waals surface area contributed by atoms with E-state index < -0.39 is 8.32 Å². The van der Waals surface area contributed by atoms with Gasteiger partial charge in [0.15, 0.2) is 14.0 Å². The molecule has 6 rings (SSSR count). The second-order valence-corrected chi connectivity index (χ2v) is 17.5. The normalized spacial score (nSPS) is 25.9. The van der Waals surface area contributed by atoms with Gasteiger partial charge in [-0.1, -0.05) is 26.8 Å². The Labute approximate surface area is 224 Å². The van der Waals surface area contributed by atoms with Crippen molar-refractivity contribution in [3.8, 4) is 6.07 Å². The van der Waals surface area contributed by atoms with Gasteiger partial charge in [0.05, 0.1) is 30.5 Å². The van der Waals surface area contributed by atoms with Crippen LogP contribution in [0.5, 0.6) is 0 Å². The van der Waals surface area contributed by atoms with Crippen LogP contribution in [0.2, 0.25) is 18.1 Å². The van der Waals surface area contributed by atoms with Crippen molar-refractivity contribution in [1.82, 2.24) is 15.0 Å². The molecule has 0 spiro atoms. The Morgan fingerprint density at radius 1 is 1.26 bits per heavy atom. The first-order valence-electron chi connectivity index (χ1n) is 13.1. The largest absolute Gasteiger partial charge is 0.412 e. The van der Waals surface area contributed by atoms with Gasteiger partial charge in [0.2, 0.25) is 5.91 Å². The lowest BCUT2D eigenvalue weighted by atomic mass is 9.34. The number of carbonyl (C=O) groups is 1. The maximum absolute atomic E-state index is 14.7. The van der Waals surface area contributed by atoms with Gasteiger partial charge in [-0.15, -0.1) is 0 Å². The Kier molecular flexibility index (Phi) is 6.43. The molecule has 10 heteroatoms. The second-order valence-electron chi connectivity index (χ2n) is 12.7. The maximum atomic E-state index is 14.7. The third-order valence-corrected chi connectivity index (χ3v) is 13.4. The van der Waals surface area contributed by atoms with Gasteiger partial charge in [-0.3, -0.25) is 4.79 Å². The van der Waals surface area contributed by atoms with E-state index in [0.29, 0.717) is 24.3 Å². The predicted molar refractivity (Wildman–Crippen MR) is 145 cm³/mol. The number of nitrogens with zero attached hydrogens (tertiary/aromatic N) is 5. The number of benzene rings is 1. The van der Waals surface area contributed by atoms with Gasteiger partial charge in [0.1, 0.15) is 17.7 Å². The van der Waals surface area contributed by atoms with Crippen LogP contribution in [0.1, 0.15) is 69.3 Å². The molecule has 38 heavy (non-hydrogen) atoms. The Bertz CT molecular complexity index is 1290. The number of hydrogen-bond donors (Lipinski definition) is 1. The van der Waals surface area contributed by atoms with Crippen molar-refractivity contribution in [3.05, 3.63) is 53.2 Å². The molecule has 3 fully saturated rings. The molecule has 1 aliphatic heterocycles. The molecule has 4 aliphatic rings. The number of nitrogens with one attached hydrogen (secondary N) is 1. The van der Waals surface area contributed by atoms with Crippen LogP contribution < -0.4 is 5.32 Å². The highest BCUT2D eigenvalue weighted by Crippen LogP contribution is 2.74. The molecule has 1 N–H and O–H groups in total. The van der Waals surface area contributed by atoms with Gasteiger partial charge in [0.25, 0.3) is 0 Å². The Balaban J connectivity index is 1.21. The number of aromatic nitrogens is 2. The zero-order valence-corrected chi connectivity index (χ0v) is 23.7. The molecular formula is C28H35FN6O2Si. The van der Waals surface area contributed by atoms with Crippen molar-refractivity contribution in [2.75, 3.05) is 11.9 Å². The van der Waals surface area contributed by atoms with Crippen LogP contribution in [-0.4, -0.2) is 42.0 Å². The number of rotatable bonds is 8. The Morgan fingerprint density at radius 3 is 2.63 bits per heavy atom. The molecule has 200 valence electrons. The SMILES string of the molecule is CC(C)(C)[Si](C)(C)OCc1cc(C2CC=NN2C(=O)C23CC(CNc4cnc(C#N)cn4)(C2)C3)ccc1F. The van der Waals surface area contributed by atoms with E-state index in [1.165, 1.54) is 12.3 Å². The summed E-state index contributed by atoms with van der Waals surface area (Å²) >= 11 is 0. The lowest BCUT2D eigenvalue weighted by molar-refractivity contribution is -0.212. The highest BCUT2D eigenvalue weighted by atomic mass is 28.4. The van der Waals surface area contributed by atoms with Crippen LogP contribution in [0.4, 0.5) is 10.2 Å². The van der Waals surface area contributed by atoms with E-state index in [0.717, 1.165) is 24.8 Å². The smallest absolute Gasteiger partial charge is 0.249 e. The third kappa shape index (κ3) is 4.62. The standard InChI is InChI=1S/C28H35FN6O2Si/c1-26(2,3)38(4,5)37-14-20-10-19(6-7-22(20)29)23-8-9-34-35(23)25(36)28-15-27(16-28,17-28)18-33-24-13-31-21(11-30)12-32-24/h6-7,9-10,12-13,23H,8,14-18H2,1-5H3,(H,32,33). The summed E-state index contributed by atoms with van der Waals surface area (Å²) < 4.78 is 21.0. The minimum Gasteiger partial charge on any atom is -0.412 e. The van der Waals surface area contributed by atoms with E-state index in [2.05, 4.69) is 54.3 Å². The maximum Gasteiger partial charge on any atom is 0.249 e. The van der Waals surface area contributed by atoms with Gasteiger partial charge in [-0.05, 0) is 60.5 Å². The third-order valence-electron chi connectivity index (χ3n) is 8.89. The molecule has 1 amide bonds. The quantitative estimate of drug-likeness (QED) is 0.445. The molecular weight excluding hydrogens is 499 g/mol. The second kappa shape index (κ2) is 9.24. The van der Waals surface area contributed by atoms with E-state index in [1.807, 2.05) is 12.1 Å². The van der Waals surface area contributed by atoms with E-state index in [-0.39, 0.29) is 45.9 Å². The first kappa shape index (κ1) is 26.4. The number of hydrazone groups is 1. The molecule has 0 saturated heterocycles. The number of anilines is 1. The Morgan fingerprint density at radius 2 is 2.00 bits per heavy atom. The summed E-state index contributed by atoms with van der Waals surface area (Å²) in [6.07, 6.45) is 7.82.